The Labute approximate surface area is 96.3 Å². The van der Waals surface area contributed by atoms with Gasteiger partial charge in [0, 0.05) is 10.9 Å². The van der Waals surface area contributed by atoms with Gasteiger partial charge in [0.15, 0.2) is 5.13 Å². The molecular formula is C11H10N2O2S. The van der Waals surface area contributed by atoms with Crippen LogP contribution >= 0.6 is 11.3 Å². The van der Waals surface area contributed by atoms with Crippen molar-refractivity contribution in [2.75, 3.05) is 12.8 Å². The molecule has 16 heavy (non-hydrogen) atoms. The van der Waals surface area contributed by atoms with E-state index in [1.54, 1.807) is 7.11 Å². The fourth-order valence-electron chi connectivity index (χ4n) is 1.32. The molecule has 4 nitrogen and oxygen atoms in total. The Bertz CT molecular complexity index is 549. The van der Waals surface area contributed by atoms with Crippen LogP contribution in [0.1, 0.15) is 0 Å². The maximum absolute atomic E-state index is 11.2. The van der Waals surface area contributed by atoms with E-state index in [0.717, 1.165) is 16.2 Å². The highest BCUT2D eigenvalue weighted by Gasteiger charge is 2.02. The molecule has 1 heterocycles. The number of methoxy groups -OCH3 is 1. The van der Waals surface area contributed by atoms with E-state index in [0.29, 0.717) is 0 Å². The lowest BCUT2D eigenvalue weighted by Gasteiger charge is -2.02. The fourth-order valence-corrected chi connectivity index (χ4v) is 2.09. The van der Waals surface area contributed by atoms with Crippen molar-refractivity contribution in [3.63, 3.8) is 0 Å². The zero-order valence-corrected chi connectivity index (χ0v) is 9.45. The second kappa shape index (κ2) is 4.32. The third-order valence-electron chi connectivity index (χ3n) is 2.06. The van der Waals surface area contributed by atoms with Gasteiger partial charge in [-0.1, -0.05) is 11.3 Å². The summed E-state index contributed by atoms with van der Waals surface area (Å²) in [6.07, 6.45) is 0. The van der Waals surface area contributed by atoms with Gasteiger partial charge in [-0.25, -0.2) is 0 Å². The Balaban J connectivity index is 2.46. The molecular weight excluding hydrogens is 224 g/mol. The van der Waals surface area contributed by atoms with Crippen molar-refractivity contribution in [2.45, 2.75) is 0 Å². The zero-order chi connectivity index (χ0) is 11.5. The molecule has 0 spiro atoms. The minimum atomic E-state index is -0.318. The molecule has 0 amide bonds. The summed E-state index contributed by atoms with van der Waals surface area (Å²) in [6, 6.07) is 8.90. The van der Waals surface area contributed by atoms with E-state index in [1.165, 1.54) is 17.4 Å². The Morgan fingerprint density at radius 3 is 2.56 bits per heavy atom. The van der Waals surface area contributed by atoms with Crippen LogP contribution in [0.2, 0.25) is 0 Å². The van der Waals surface area contributed by atoms with Gasteiger partial charge in [-0.15, -0.1) is 0 Å². The molecule has 0 atom stereocenters. The lowest BCUT2D eigenvalue weighted by molar-refractivity contribution is 0.415. The van der Waals surface area contributed by atoms with Gasteiger partial charge in [-0.3, -0.25) is 4.79 Å². The first-order valence-corrected chi connectivity index (χ1v) is 5.43. The summed E-state index contributed by atoms with van der Waals surface area (Å²) in [4.78, 5) is 15.6. The highest BCUT2D eigenvalue weighted by molar-refractivity contribution is 7.18. The Kier molecular flexibility index (Phi) is 2.87. The number of nitrogens with two attached hydrogens (primary N) is 1. The molecule has 0 saturated heterocycles. The number of hydrogen-bond acceptors (Lipinski definition) is 5. The summed E-state index contributed by atoms with van der Waals surface area (Å²) in [5.41, 5.74) is 6.15. The normalized spacial score (nSPS) is 10.1. The molecule has 0 unspecified atom stereocenters. The quantitative estimate of drug-likeness (QED) is 0.859. The zero-order valence-electron chi connectivity index (χ0n) is 8.64. The summed E-state index contributed by atoms with van der Waals surface area (Å²) in [7, 11) is 1.61. The van der Waals surface area contributed by atoms with Crippen LogP contribution in [0.15, 0.2) is 35.1 Å². The Morgan fingerprint density at radius 2 is 2.00 bits per heavy atom. The summed E-state index contributed by atoms with van der Waals surface area (Å²) < 4.78 is 5.06. The Morgan fingerprint density at radius 1 is 1.31 bits per heavy atom. The van der Waals surface area contributed by atoms with E-state index in [9.17, 15) is 4.79 Å². The molecule has 0 saturated carbocycles. The predicted octanol–water partition coefficient (Wildman–Crippen LogP) is 1.76. The smallest absolute Gasteiger partial charge is 0.273 e. The minimum absolute atomic E-state index is 0.276. The average molecular weight is 234 g/mol. The van der Waals surface area contributed by atoms with Gasteiger partial charge < -0.3 is 10.5 Å². The maximum atomic E-state index is 11.2. The summed E-state index contributed by atoms with van der Waals surface area (Å²) in [5.74, 6) is 0.776. The molecule has 0 fully saturated rings. The standard InChI is InChI=1S/C11H10N2O2S/c1-15-8-4-2-7(3-5-8)9-6-10(14)13-11(12)16-9/h2-6H,1H3,(H2,12,13,14). The van der Waals surface area contributed by atoms with Crippen molar-refractivity contribution < 1.29 is 4.74 Å². The summed E-state index contributed by atoms with van der Waals surface area (Å²) >= 11 is 1.28. The fraction of sp³-hybridized carbons (Fsp3) is 0.0909. The summed E-state index contributed by atoms with van der Waals surface area (Å²) in [5, 5.41) is 0.276. The molecule has 2 aromatic rings. The first kappa shape index (κ1) is 10.6. The van der Waals surface area contributed by atoms with E-state index >= 15 is 0 Å². The third kappa shape index (κ3) is 2.20. The lowest BCUT2D eigenvalue weighted by atomic mass is 10.2. The van der Waals surface area contributed by atoms with E-state index in [1.807, 2.05) is 24.3 Å². The molecule has 0 radical (unpaired) electrons. The van der Waals surface area contributed by atoms with Crippen LogP contribution in [0.25, 0.3) is 10.4 Å². The van der Waals surface area contributed by atoms with E-state index in [4.69, 9.17) is 10.5 Å². The molecule has 82 valence electrons. The average Bonchev–Trinajstić information content (AvgIpc) is 2.28. The molecule has 2 N–H and O–H groups in total. The van der Waals surface area contributed by atoms with Crippen molar-refractivity contribution in [1.82, 2.24) is 4.98 Å². The molecule has 1 aromatic carbocycles. The first-order valence-electron chi connectivity index (χ1n) is 4.61. The number of aromatic nitrogens is 1. The molecule has 2 rings (SSSR count). The van der Waals surface area contributed by atoms with Crippen molar-refractivity contribution in [3.05, 3.63) is 40.7 Å². The number of ether oxygens (including phenoxy) is 1. The second-order valence-electron chi connectivity index (χ2n) is 3.13. The van der Waals surface area contributed by atoms with Crippen LogP contribution in [-0.2, 0) is 0 Å². The maximum Gasteiger partial charge on any atom is 0.273 e. The van der Waals surface area contributed by atoms with Gasteiger partial charge in [0.1, 0.15) is 5.75 Å². The van der Waals surface area contributed by atoms with Gasteiger partial charge in [-0.2, -0.15) is 4.98 Å². The van der Waals surface area contributed by atoms with Crippen molar-refractivity contribution in [2.24, 2.45) is 0 Å². The number of anilines is 1. The second-order valence-corrected chi connectivity index (χ2v) is 4.19. The minimum Gasteiger partial charge on any atom is -0.497 e. The van der Waals surface area contributed by atoms with Gasteiger partial charge in [0.25, 0.3) is 5.56 Å². The van der Waals surface area contributed by atoms with Crippen LogP contribution < -0.4 is 16.0 Å². The molecule has 0 aliphatic carbocycles. The van der Waals surface area contributed by atoms with Crippen LogP contribution in [0, 0.1) is 0 Å². The van der Waals surface area contributed by atoms with Crippen molar-refractivity contribution >= 4 is 16.5 Å². The highest BCUT2D eigenvalue weighted by Crippen LogP contribution is 2.26. The predicted molar refractivity (Wildman–Crippen MR) is 64.8 cm³/mol. The molecule has 1 aromatic heterocycles. The number of rotatable bonds is 2. The molecule has 0 bridgehead atoms. The van der Waals surface area contributed by atoms with E-state index < -0.39 is 0 Å². The van der Waals surface area contributed by atoms with E-state index in [2.05, 4.69) is 4.98 Å². The van der Waals surface area contributed by atoms with Gasteiger partial charge in [0.05, 0.1) is 7.11 Å². The molecule has 5 heteroatoms. The van der Waals surface area contributed by atoms with Gasteiger partial charge in [0.2, 0.25) is 0 Å². The number of nitrogen functional groups attached to an aromatic ring is 1. The van der Waals surface area contributed by atoms with Crippen LogP contribution in [0.5, 0.6) is 5.75 Å². The van der Waals surface area contributed by atoms with Gasteiger partial charge in [-0.05, 0) is 29.8 Å². The highest BCUT2D eigenvalue weighted by atomic mass is 32.1. The summed E-state index contributed by atoms with van der Waals surface area (Å²) in [6.45, 7) is 0. The van der Waals surface area contributed by atoms with E-state index in [-0.39, 0.29) is 10.7 Å². The number of nitrogens with zero attached hydrogens (tertiary/aromatic N) is 1. The van der Waals surface area contributed by atoms with Crippen LogP contribution in [0.4, 0.5) is 5.13 Å². The number of benzene rings is 1. The van der Waals surface area contributed by atoms with Crippen molar-refractivity contribution in [3.8, 4) is 16.2 Å². The SMILES string of the molecule is COc1ccc(-c2cc(=O)nc(N)s2)cc1. The Hall–Kier alpha value is -1.88. The topological polar surface area (TPSA) is 65.2 Å². The lowest BCUT2D eigenvalue weighted by Crippen LogP contribution is -2.05. The number of hydrogen-bond donors (Lipinski definition) is 1. The monoisotopic (exact) mass is 234 g/mol. The van der Waals surface area contributed by atoms with Gasteiger partial charge >= 0.3 is 0 Å². The largest absolute Gasteiger partial charge is 0.497 e. The van der Waals surface area contributed by atoms with Crippen LogP contribution in [-0.4, -0.2) is 12.1 Å². The van der Waals surface area contributed by atoms with Crippen LogP contribution in [0.3, 0.4) is 0 Å². The first-order chi connectivity index (χ1) is 7.69. The molecule has 0 aliphatic rings. The van der Waals surface area contributed by atoms with Crippen molar-refractivity contribution in [1.29, 1.82) is 0 Å². The molecule has 0 aliphatic heterocycles. The third-order valence-corrected chi connectivity index (χ3v) is 2.94.